The standard InChI is InChI=1S/C13H21N3O2/c1-4-5-6-7-9(2)14-13-15-10(3)8-11(16-13)12(17)18/h8-9H,4-7H2,1-3H3,(H,17,18)(H,14,15,16). The van der Waals surface area contributed by atoms with Crippen molar-refractivity contribution < 1.29 is 9.90 Å². The molecule has 1 aromatic heterocycles. The van der Waals surface area contributed by atoms with Crippen LogP contribution in [-0.2, 0) is 0 Å². The van der Waals surface area contributed by atoms with Crippen LogP contribution in [0.3, 0.4) is 0 Å². The number of carboxylic acids is 1. The van der Waals surface area contributed by atoms with E-state index in [1.54, 1.807) is 6.92 Å². The van der Waals surface area contributed by atoms with Crippen molar-refractivity contribution in [2.75, 3.05) is 5.32 Å². The van der Waals surface area contributed by atoms with Crippen molar-refractivity contribution in [2.45, 2.75) is 52.5 Å². The van der Waals surface area contributed by atoms with E-state index in [1.165, 1.54) is 18.9 Å². The molecule has 0 amide bonds. The molecule has 1 rings (SSSR count). The minimum Gasteiger partial charge on any atom is -0.477 e. The molecule has 0 fully saturated rings. The smallest absolute Gasteiger partial charge is 0.354 e. The van der Waals surface area contributed by atoms with Gasteiger partial charge in [-0.2, -0.15) is 0 Å². The van der Waals surface area contributed by atoms with Gasteiger partial charge < -0.3 is 10.4 Å². The number of carboxylic acid groups (broad SMARTS) is 1. The van der Waals surface area contributed by atoms with E-state index in [0.717, 1.165) is 12.8 Å². The van der Waals surface area contributed by atoms with E-state index in [1.807, 2.05) is 0 Å². The van der Waals surface area contributed by atoms with E-state index in [2.05, 4.69) is 29.1 Å². The molecule has 0 bridgehead atoms. The SMILES string of the molecule is CCCCCC(C)Nc1nc(C)cc(C(=O)O)n1. The lowest BCUT2D eigenvalue weighted by atomic mass is 10.1. The molecule has 2 N–H and O–H groups in total. The number of nitrogens with zero attached hydrogens (tertiary/aromatic N) is 2. The van der Waals surface area contributed by atoms with Gasteiger partial charge in [-0.3, -0.25) is 0 Å². The zero-order chi connectivity index (χ0) is 13.5. The van der Waals surface area contributed by atoms with Crippen LogP contribution in [0.1, 0.15) is 55.7 Å². The van der Waals surface area contributed by atoms with Gasteiger partial charge in [-0.15, -0.1) is 0 Å². The van der Waals surface area contributed by atoms with Gasteiger partial charge in [-0.1, -0.05) is 26.2 Å². The van der Waals surface area contributed by atoms with Gasteiger partial charge in [0.2, 0.25) is 5.95 Å². The third-order valence-corrected chi connectivity index (χ3v) is 2.69. The molecule has 100 valence electrons. The molecule has 1 unspecified atom stereocenters. The molecule has 1 aromatic rings. The second-order valence-corrected chi connectivity index (χ2v) is 4.56. The average molecular weight is 251 g/mol. The van der Waals surface area contributed by atoms with E-state index < -0.39 is 5.97 Å². The lowest BCUT2D eigenvalue weighted by Crippen LogP contribution is -2.18. The summed E-state index contributed by atoms with van der Waals surface area (Å²) in [7, 11) is 0. The van der Waals surface area contributed by atoms with Gasteiger partial charge in [-0.05, 0) is 26.3 Å². The number of hydrogen-bond acceptors (Lipinski definition) is 4. The minimum atomic E-state index is -1.03. The highest BCUT2D eigenvalue weighted by atomic mass is 16.4. The van der Waals surface area contributed by atoms with E-state index >= 15 is 0 Å². The molecule has 1 atom stereocenters. The molecule has 5 nitrogen and oxygen atoms in total. The summed E-state index contributed by atoms with van der Waals surface area (Å²) in [5.41, 5.74) is 0.691. The highest BCUT2D eigenvalue weighted by Gasteiger charge is 2.10. The predicted molar refractivity (Wildman–Crippen MR) is 71.0 cm³/mol. The van der Waals surface area contributed by atoms with Crippen LogP contribution in [0.2, 0.25) is 0 Å². The molecular weight excluding hydrogens is 230 g/mol. The lowest BCUT2D eigenvalue weighted by Gasteiger charge is -2.14. The summed E-state index contributed by atoms with van der Waals surface area (Å²) in [6.07, 6.45) is 4.59. The quantitative estimate of drug-likeness (QED) is 0.729. The fourth-order valence-corrected chi connectivity index (χ4v) is 1.74. The zero-order valence-corrected chi connectivity index (χ0v) is 11.2. The Bertz CT molecular complexity index is 407. The zero-order valence-electron chi connectivity index (χ0n) is 11.2. The summed E-state index contributed by atoms with van der Waals surface area (Å²) >= 11 is 0. The van der Waals surface area contributed by atoms with Crippen molar-refractivity contribution in [2.24, 2.45) is 0 Å². The maximum absolute atomic E-state index is 10.9. The van der Waals surface area contributed by atoms with Crippen LogP contribution in [0.4, 0.5) is 5.95 Å². The van der Waals surface area contributed by atoms with Gasteiger partial charge in [0.15, 0.2) is 5.69 Å². The third kappa shape index (κ3) is 4.69. The van der Waals surface area contributed by atoms with Crippen LogP contribution in [0, 0.1) is 6.92 Å². The molecule has 0 saturated heterocycles. The molecule has 0 aromatic carbocycles. The van der Waals surface area contributed by atoms with Crippen LogP contribution in [0.15, 0.2) is 6.07 Å². The molecule has 0 saturated carbocycles. The molecule has 18 heavy (non-hydrogen) atoms. The number of carbonyl (C=O) groups is 1. The van der Waals surface area contributed by atoms with Crippen LogP contribution in [0.25, 0.3) is 0 Å². The van der Waals surface area contributed by atoms with Gasteiger partial charge in [0.25, 0.3) is 0 Å². The van der Waals surface area contributed by atoms with Crippen molar-refractivity contribution in [3.8, 4) is 0 Å². The largest absolute Gasteiger partial charge is 0.477 e. The Hall–Kier alpha value is -1.65. The summed E-state index contributed by atoms with van der Waals surface area (Å²) in [6.45, 7) is 5.99. The minimum absolute atomic E-state index is 0.0331. The Kier molecular flexibility index (Phi) is 5.55. The number of nitrogens with one attached hydrogen (secondary N) is 1. The second-order valence-electron chi connectivity index (χ2n) is 4.56. The Morgan fingerprint density at radius 1 is 1.44 bits per heavy atom. The molecule has 0 aliphatic heterocycles. The van der Waals surface area contributed by atoms with Gasteiger partial charge in [0.1, 0.15) is 0 Å². The van der Waals surface area contributed by atoms with Gasteiger partial charge in [-0.25, -0.2) is 14.8 Å². The van der Waals surface area contributed by atoms with Crippen molar-refractivity contribution in [1.82, 2.24) is 9.97 Å². The molecule has 0 radical (unpaired) electrons. The van der Waals surface area contributed by atoms with E-state index in [4.69, 9.17) is 5.11 Å². The first-order valence-electron chi connectivity index (χ1n) is 6.38. The lowest BCUT2D eigenvalue weighted by molar-refractivity contribution is 0.0690. The van der Waals surface area contributed by atoms with Crippen LogP contribution in [-0.4, -0.2) is 27.1 Å². The number of aromatic carboxylic acids is 1. The second kappa shape index (κ2) is 6.93. The molecule has 0 spiro atoms. The van der Waals surface area contributed by atoms with Crippen molar-refractivity contribution >= 4 is 11.9 Å². The summed E-state index contributed by atoms with van der Waals surface area (Å²) in [5, 5.41) is 12.1. The van der Waals surface area contributed by atoms with Gasteiger partial charge >= 0.3 is 5.97 Å². The van der Waals surface area contributed by atoms with Crippen molar-refractivity contribution in [3.05, 3.63) is 17.5 Å². The first-order chi connectivity index (χ1) is 8.52. The fourth-order valence-electron chi connectivity index (χ4n) is 1.74. The highest BCUT2D eigenvalue weighted by Crippen LogP contribution is 2.10. The van der Waals surface area contributed by atoms with Gasteiger partial charge in [0, 0.05) is 11.7 Å². The monoisotopic (exact) mass is 251 g/mol. The maximum atomic E-state index is 10.9. The predicted octanol–water partition coefficient (Wildman–Crippen LogP) is 2.86. The van der Waals surface area contributed by atoms with Crippen LogP contribution >= 0.6 is 0 Å². The Balaban J connectivity index is 2.63. The Labute approximate surface area is 108 Å². The van der Waals surface area contributed by atoms with E-state index in [9.17, 15) is 4.79 Å². The summed E-state index contributed by atoms with van der Waals surface area (Å²) < 4.78 is 0. The number of hydrogen-bond donors (Lipinski definition) is 2. The fraction of sp³-hybridized carbons (Fsp3) is 0.615. The number of rotatable bonds is 7. The summed E-state index contributed by atoms with van der Waals surface area (Å²) in [4.78, 5) is 19.1. The number of anilines is 1. The summed E-state index contributed by atoms with van der Waals surface area (Å²) in [5.74, 6) is -0.626. The number of unbranched alkanes of at least 4 members (excludes halogenated alkanes) is 2. The first-order valence-corrected chi connectivity index (χ1v) is 6.38. The third-order valence-electron chi connectivity index (χ3n) is 2.69. The average Bonchev–Trinajstić information content (AvgIpc) is 2.28. The van der Waals surface area contributed by atoms with E-state index in [0.29, 0.717) is 11.6 Å². The van der Waals surface area contributed by atoms with Crippen molar-refractivity contribution in [1.29, 1.82) is 0 Å². The molecular formula is C13H21N3O2. The molecule has 0 aliphatic carbocycles. The number of aromatic nitrogens is 2. The Morgan fingerprint density at radius 2 is 2.17 bits per heavy atom. The first kappa shape index (κ1) is 14.4. The summed E-state index contributed by atoms with van der Waals surface area (Å²) in [6, 6.07) is 1.72. The van der Waals surface area contributed by atoms with E-state index in [-0.39, 0.29) is 11.7 Å². The van der Waals surface area contributed by atoms with Gasteiger partial charge in [0.05, 0.1) is 0 Å². The van der Waals surface area contributed by atoms with Crippen molar-refractivity contribution in [3.63, 3.8) is 0 Å². The number of aryl methyl sites for hydroxylation is 1. The Morgan fingerprint density at radius 3 is 2.78 bits per heavy atom. The normalized spacial score (nSPS) is 12.2. The maximum Gasteiger partial charge on any atom is 0.354 e. The molecule has 1 heterocycles. The highest BCUT2D eigenvalue weighted by molar-refractivity contribution is 5.85. The molecule has 5 heteroatoms. The topological polar surface area (TPSA) is 75.1 Å². The van der Waals surface area contributed by atoms with Crippen LogP contribution < -0.4 is 5.32 Å². The molecule has 0 aliphatic rings. The van der Waals surface area contributed by atoms with Crippen LogP contribution in [0.5, 0.6) is 0 Å².